The molecular weight excluding hydrogens is 266 g/mol. The summed E-state index contributed by atoms with van der Waals surface area (Å²) in [6, 6.07) is 3.80. The fourth-order valence-electron chi connectivity index (χ4n) is 1.92. The number of carbonyl (C=O) groups excluding carboxylic acids is 1. The van der Waals surface area contributed by atoms with Gasteiger partial charge in [0.25, 0.3) is 0 Å². The predicted octanol–water partition coefficient (Wildman–Crippen LogP) is 1.92. The highest BCUT2D eigenvalue weighted by molar-refractivity contribution is 6.34. The van der Waals surface area contributed by atoms with E-state index in [1.54, 1.807) is 6.07 Å². The van der Waals surface area contributed by atoms with Gasteiger partial charge in [0.05, 0.1) is 17.6 Å². The molecule has 1 unspecified atom stereocenters. The van der Waals surface area contributed by atoms with Crippen LogP contribution in [0.25, 0.3) is 5.52 Å². The fourth-order valence-corrected chi connectivity index (χ4v) is 2.17. The van der Waals surface area contributed by atoms with Crippen LogP contribution in [0.2, 0.25) is 5.02 Å². The summed E-state index contributed by atoms with van der Waals surface area (Å²) in [5.41, 5.74) is 0.848. The third-order valence-electron chi connectivity index (χ3n) is 3.05. The van der Waals surface area contributed by atoms with Crippen molar-refractivity contribution in [2.24, 2.45) is 0 Å². The second-order valence-corrected chi connectivity index (χ2v) is 4.74. The molecule has 19 heavy (non-hydrogen) atoms. The Morgan fingerprint density at radius 1 is 1.63 bits per heavy atom. The van der Waals surface area contributed by atoms with Crippen molar-refractivity contribution in [1.82, 2.24) is 14.7 Å². The Balaban J connectivity index is 2.60. The van der Waals surface area contributed by atoms with Crippen molar-refractivity contribution < 1.29 is 9.53 Å². The number of pyridine rings is 1. The van der Waals surface area contributed by atoms with Crippen molar-refractivity contribution in [3.8, 4) is 0 Å². The van der Waals surface area contributed by atoms with E-state index in [4.69, 9.17) is 16.3 Å². The number of fused-ring (bicyclic) bond motifs is 1. The number of aromatic nitrogens is 2. The lowest BCUT2D eigenvalue weighted by Crippen LogP contribution is -2.24. The van der Waals surface area contributed by atoms with E-state index in [0.717, 1.165) is 5.82 Å². The van der Waals surface area contributed by atoms with E-state index in [2.05, 4.69) is 10.3 Å². The lowest BCUT2D eigenvalue weighted by atomic mass is 10.2. The third kappa shape index (κ3) is 2.57. The second kappa shape index (κ2) is 5.59. The van der Waals surface area contributed by atoms with E-state index in [0.29, 0.717) is 17.0 Å². The van der Waals surface area contributed by atoms with Crippen LogP contribution in [0.15, 0.2) is 18.3 Å². The van der Waals surface area contributed by atoms with Gasteiger partial charge in [0, 0.05) is 18.7 Å². The number of imidazole rings is 1. The number of hydrogen-bond donors (Lipinski definition) is 1. The summed E-state index contributed by atoms with van der Waals surface area (Å²) in [4.78, 5) is 16.1. The first-order valence-electron chi connectivity index (χ1n) is 5.99. The maximum Gasteiger partial charge on any atom is 0.358 e. The molecule has 0 spiro atoms. The molecule has 0 radical (unpaired) electrons. The maximum absolute atomic E-state index is 11.8. The molecule has 0 aliphatic rings. The number of ether oxygens (including phenoxy) is 1. The van der Waals surface area contributed by atoms with Gasteiger partial charge < -0.3 is 14.5 Å². The van der Waals surface area contributed by atoms with Crippen molar-refractivity contribution in [1.29, 1.82) is 0 Å². The summed E-state index contributed by atoms with van der Waals surface area (Å²) in [7, 11) is 3.22. The van der Waals surface area contributed by atoms with E-state index in [9.17, 15) is 4.79 Å². The summed E-state index contributed by atoms with van der Waals surface area (Å²) in [6.45, 7) is 2.05. The number of halogens is 1. The molecule has 1 atom stereocenters. The average molecular weight is 282 g/mol. The zero-order chi connectivity index (χ0) is 14.0. The molecule has 0 amide bonds. The topological polar surface area (TPSA) is 55.6 Å². The first-order valence-corrected chi connectivity index (χ1v) is 6.37. The van der Waals surface area contributed by atoms with Crippen LogP contribution in [0.5, 0.6) is 0 Å². The minimum absolute atomic E-state index is 0.245. The van der Waals surface area contributed by atoms with Gasteiger partial charge in [0.2, 0.25) is 0 Å². The van der Waals surface area contributed by atoms with Crippen LogP contribution in [0.1, 0.15) is 23.2 Å². The summed E-state index contributed by atoms with van der Waals surface area (Å²) >= 11 is 6.16. The van der Waals surface area contributed by atoms with Gasteiger partial charge in [-0.15, -0.1) is 0 Å². The van der Waals surface area contributed by atoms with Gasteiger partial charge in [-0.3, -0.25) is 0 Å². The van der Waals surface area contributed by atoms with E-state index in [1.165, 1.54) is 7.11 Å². The largest absolute Gasteiger partial charge is 0.464 e. The van der Waals surface area contributed by atoms with E-state index < -0.39 is 5.97 Å². The minimum atomic E-state index is -0.478. The second-order valence-electron chi connectivity index (χ2n) is 4.34. The number of rotatable bonds is 4. The van der Waals surface area contributed by atoms with Gasteiger partial charge in [-0.05, 0) is 26.1 Å². The van der Waals surface area contributed by atoms with E-state index >= 15 is 0 Å². The van der Waals surface area contributed by atoms with Gasteiger partial charge in [0.1, 0.15) is 5.82 Å². The smallest absolute Gasteiger partial charge is 0.358 e. The van der Waals surface area contributed by atoms with E-state index in [1.807, 2.05) is 30.6 Å². The van der Waals surface area contributed by atoms with E-state index in [-0.39, 0.29) is 11.7 Å². The number of esters is 1. The van der Waals surface area contributed by atoms with Crippen molar-refractivity contribution in [2.75, 3.05) is 14.2 Å². The van der Waals surface area contributed by atoms with Gasteiger partial charge >= 0.3 is 5.97 Å². The molecule has 2 heterocycles. The Hall–Kier alpha value is -1.59. The normalized spacial score (nSPS) is 12.6. The summed E-state index contributed by atoms with van der Waals surface area (Å²) in [6.07, 6.45) is 2.54. The predicted molar refractivity (Wildman–Crippen MR) is 73.8 cm³/mol. The Bertz CT molecular complexity index is 609. The van der Waals surface area contributed by atoms with Crippen LogP contribution in [-0.4, -0.2) is 35.6 Å². The lowest BCUT2D eigenvalue weighted by Gasteiger charge is -2.08. The molecule has 0 fully saturated rings. The fraction of sp³-hybridized carbons (Fsp3) is 0.385. The maximum atomic E-state index is 11.8. The molecule has 102 valence electrons. The van der Waals surface area contributed by atoms with Crippen LogP contribution >= 0.6 is 11.6 Å². The molecule has 0 aliphatic heterocycles. The van der Waals surface area contributed by atoms with Crippen molar-refractivity contribution in [3.05, 3.63) is 34.9 Å². The molecule has 2 aromatic rings. The SMILES string of the molecule is CNC(C)Cc1nc(C(=O)OC)c2c(Cl)cccn12. The molecule has 0 aromatic carbocycles. The van der Waals surface area contributed by atoms with Crippen LogP contribution in [-0.2, 0) is 11.2 Å². The van der Waals surface area contributed by atoms with Crippen molar-refractivity contribution in [2.45, 2.75) is 19.4 Å². The van der Waals surface area contributed by atoms with Crippen LogP contribution in [0.4, 0.5) is 0 Å². The monoisotopic (exact) mass is 281 g/mol. The van der Waals surface area contributed by atoms with Crippen LogP contribution in [0, 0.1) is 0 Å². The molecule has 0 bridgehead atoms. The van der Waals surface area contributed by atoms with Crippen molar-refractivity contribution in [3.63, 3.8) is 0 Å². The Morgan fingerprint density at radius 3 is 3.00 bits per heavy atom. The molecule has 5 nitrogen and oxygen atoms in total. The first kappa shape index (κ1) is 13.8. The number of likely N-dealkylation sites (N-methyl/N-ethyl adjacent to an activating group) is 1. The molecule has 0 saturated carbocycles. The van der Waals surface area contributed by atoms with Crippen LogP contribution in [0.3, 0.4) is 0 Å². The number of nitrogens with zero attached hydrogens (tertiary/aromatic N) is 2. The zero-order valence-electron chi connectivity index (χ0n) is 11.1. The molecule has 0 saturated heterocycles. The van der Waals surface area contributed by atoms with Gasteiger partial charge in [-0.25, -0.2) is 9.78 Å². The Labute approximate surface area is 116 Å². The average Bonchev–Trinajstić information content (AvgIpc) is 2.78. The zero-order valence-corrected chi connectivity index (χ0v) is 11.9. The quantitative estimate of drug-likeness (QED) is 0.870. The van der Waals surface area contributed by atoms with Crippen molar-refractivity contribution >= 4 is 23.1 Å². The summed E-state index contributed by atoms with van der Waals surface area (Å²) in [5.74, 6) is 0.300. The third-order valence-corrected chi connectivity index (χ3v) is 3.35. The number of hydrogen-bond acceptors (Lipinski definition) is 4. The number of carbonyl (C=O) groups is 1. The summed E-state index contributed by atoms with van der Waals surface area (Å²) in [5, 5.41) is 3.63. The highest BCUT2D eigenvalue weighted by Crippen LogP contribution is 2.23. The highest BCUT2D eigenvalue weighted by Gasteiger charge is 2.20. The highest BCUT2D eigenvalue weighted by atomic mass is 35.5. The Kier molecular flexibility index (Phi) is 4.07. The van der Waals surface area contributed by atoms with Gasteiger partial charge in [0.15, 0.2) is 5.69 Å². The minimum Gasteiger partial charge on any atom is -0.464 e. The molecular formula is C13H16ClN3O2. The molecule has 6 heteroatoms. The lowest BCUT2D eigenvalue weighted by molar-refractivity contribution is 0.0596. The summed E-state index contributed by atoms with van der Waals surface area (Å²) < 4.78 is 6.59. The van der Waals surface area contributed by atoms with Gasteiger partial charge in [-0.2, -0.15) is 0 Å². The van der Waals surface area contributed by atoms with Crippen LogP contribution < -0.4 is 5.32 Å². The molecule has 0 aliphatic carbocycles. The number of methoxy groups -OCH3 is 1. The molecule has 2 rings (SSSR count). The Morgan fingerprint density at radius 2 is 2.37 bits per heavy atom. The number of nitrogens with one attached hydrogen (secondary N) is 1. The van der Waals surface area contributed by atoms with Gasteiger partial charge in [-0.1, -0.05) is 11.6 Å². The molecule has 2 aromatic heterocycles. The first-order chi connectivity index (χ1) is 9.08. The molecule has 1 N–H and O–H groups in total. The standard InChI is InChI=1S/C13H16ClN3O2/c1-8(15-2)7-10-16-11(13(18)19-3)12-9(14)5-4-6-17(10)12/h4-6,8,15H,7H2,1-3H3.